The lowest BCUT2D eigenvalue weighted by Crippen LogP contribution is -2.43. The van der Waals surface area contributed by atoms with Crippen molar-refractivity contribution in [2.24, 2.45) is 16.2 Å². The summed E-state index contributed by atoms with van der Waals surface area (Å²) < 4.78 is 5.68. The molecule has 1 N–H and O–H groups in total. The highest BCUT2D eigenvalue weighted by Gasteiger charge is 2.38. The summed E-state index contributed by atoms with van der Waals surface area (Å²) in [5.41, 5.74) is 0.170. The van der Waals surface area contributed by atoms with Crippen LogP contribution in [0.15, 0.2) is 0 Å². The van der Waals surface area contributed by atoms with Gasteiger partial charge in [-0.2, -0.15) is 0 Å². The summed E-state index contributed by atoms with van der Waals surface area (Å²) in [6.07, 6.45) is 0.947. The fourth-order valence-corrected chi connectivity index (χ4v) is 1.10. The quantitative estimate of drug-likeness (QED) is 0.750. The van der Waals surface area contributed by atoms with E-state index in [1.54, 1.807) is 6.92 Å². The highest BCUT2D eigenvalue weighted by atomic mass is 16.6. The third-order valence-corrected chi connectivity index (χ3v) is 4.53. The molecule has 2 heteroatoms. The normalized spacial score (nSPS) is 18.0. The SMILES string of the molecule is CC(C)(C)C(C)(C)CCOC(C)(O)C(C)(C)C. The maximum Gasteiger partial charge on any atom is 0.167 e. The Hall–Kier alpha value is -0.0800. The fourth-order valence-electron chi connectivity index (χ4n) is 1.10. The number of hydrogen-bond donors (Lipinski definition) is 1. The Morgan fingerprint density at radius 2 is 1.18 bits per heavy atom. The predicted molar refractivity (Wildman–Crippen MR) is 73.9 cm³/mol. The smallest absolute Gasteiger partial charge is 0.167 e. The summed E-state index contributed by atoms with van der Waals surface area (Å²) in [5, 5.41) is 10.2. The average Bonchev–Trinajstić information content (AvgIpc) is 1.98. The van der Waals surface area contributed by atoms with Gasteiger partial charge in [-0.15, -0.1) is 0 Å². The molecule has 1 unspecified atom stereocenters. The van der Waals surface area contributed by atoms with Gasteiger partial charge in [0.15, 0.2) is 5.79 Å². The Bertz CT molecular complexity index is 213. The van der Waals surface area contributed by atoms with Gasteiger partial charge in [-0.25, -0.2) is 0 Å². The van der Waals surface area contributed by atoms with E-state index in [9.17, 15) is 5.11 Å². The van der Waals surface area contributed by atoms with Gasteiger partial charge in [-0.1, -0.05) is 55.4 Å². The maximum absolute atomic E-state index is 10.2. The molecule has 0 aliphatic carbocycles. The van der Waals surface area contributed by atoms with E-state index in [1.165, 1.54) is 0 Å². The van der Waals surface area contributed by atoms with Gasteiger partial charge in [0, 0.05) is 5.41 Å². The van der Waals surface area contributed by atoms with Crippen LogP contribution in [0.1, 0.15) is 68.7 Å². The van der Waals surface area contributed by atoms with E-state index in [2.05, 4.69) is 34.6 Å². The zero-order chi connectivity index (χ0) is 14.1. The Morgan fingerprint density at radius 3 is 1.47 bits per heavy atom. The zero-order valence-electron chi connectivity index (χ0n) is 13.3. The minimum absolute atomic E-state index is 0.195. The lowest BCUT2D eigenvalue weighted by molar-refractivity contribution is -0.251. The molecule has 104 valence electrons. The number of hydrogen-bond acceptors (Lipinski definition) is 2. The third-order valence-electron chi connectivity index (χ3n) is 4.53. The van der Waals surface area contributed by atoms with E-state index in [4.69, 9.17) is 4.74 Å². The van der Waals surface area contributed by atoms with E-state index in [-0.39, 0.29) is 16.2 Å². The van der Waals surface area contributed by atoms with E-state index in [0.29, 0.717) is 6.61 Å². The average molecular weight is 244 g/mol. The van der Waals surface area contributed by atoms with Crippen molar-refractivity contribution in [3.05, 3.63) is 0 Å². The number of rotatable bonds is 4. The predicted octanol–water partition coefficient (Wildman–Crippen LogP) is 4.22. The molecule has 0 aliphatic rings. The third kappa shape index (κ3) is 4.59. The van der Waals surface area contributed by atoms with Gasteiger partial charge in [-0.3, -0.25) is 0 Å². The Labute approximate surface area is 108 Å². The van der Waals surface area contributed by atoms with E-state index < -0.39 is 5.79 Å². The zero-order valence-corrected chi connectivity index (χ0v) is 13.3. The van der Waals surface area contributed by atoms with Crippen LogP contribution >= 0.6 is 0 Å². The van der Waals surface area contributed by atoms with Crippen LogP contribution < -0.4 is 0 Å². The molecule has 0 bridgehead atoms. The largest absolute Gasteiger partial charge is 0.365 e. The summed E-state index contributed by atoms with van der Waals surface area (Å²) >= 11 is 0. The van der Waals surface area contributed by atoms with Crippen LogP contribution in [0.25, 0.3) is 0 Å². The first-order valence-corrected chi connectivity index (χ1v) is 6.57. The van der Waals surface area contributed by atoms with Gasteiger partial charge < -0.3 is 9.84 Å². The van der Waals surface area contributed by atoms with Crippen molar-refractivity contribution in [3.8, 4) is 0 Å². The maximum atomic E-state index is 10.2. The number of ether oxygens (including phenoxy) is 1. The van der Waals surface area contributed by atoms with Crippen molar-refractivity contribution in [2.45, 2.75) is 74.5 Å². The van der Waals surface area contributed by atoms with Crippen molar-refractivity contribution >= 4 is 0 Å². The lowest BCUT2D eigenvalue weighted by Gasteiger charge is -2.41. The molecule has 0 saturated heterocycles. The fraction of sp³-hybridized carbons (Fsp3) is 1.00. The minimum atomic E-state index is -1.07. The van der Waals surface area contributed by atoms with Gasteiger partial charge >= 0.3 is 0 Å². The van der Waals surface area contributed by atoms with Crippen LogP contribution in [0.4, 0.5) is 0 Å². The van der Waals surface area contributed by atoms with Crippen LogP contribution in [0.5, 0.6) is 0 Å². The van der Waals surface area contributed by atoms with Crippen LogP contribution in [0.3, 0.4) is 0 Å². The molecule has 17 heavy (non-hydrogen) atoms. The van der Waals surface area contributed by atoms with Crippen molar-refractivity contribution in [1.29, 1.82) is 0 Å². The summed E-state index contributed by atoms with van der Waals surface area (Å²) in [6, 6.07) is 0. The standard InChI is InChI=1S/C15H32O2/c1-12(2,3)14(7,8)10-11-17-15(9,16)13(4,5)6/h16H,10-11H2,1-9H3. The van der Waals surface area contributed by atoms with Gasteiger partial charge in [0.2, 0.25) is 0 Å². The van der Waals surface area contributed by atoms with Crippen LogP contribution in [-0.4, -0.2) is 17.5 Å². The Morgan fingerprint density at radius 1 is 0.765 bits per heavy atom. The monoisotopic (exact) mass is 244 g/mol. The van der Waals surface area contributed by atoms with E-state index in [1.807, 2.05) is 20.8 Å². The molecule has 0 aromatic carbocycles. The first-order chi connectivity index (χ1) is 7.21. The topological polar surface area (TPSA) is 29.5 Å². The van der Waals surface area contributed by atoms with Gasteiger partial charge in [0.25, 0.3) is 0 Å². The molecular formula is C15H32O2. The van der Waals surface area contributed by atoms with Crippen molar-refractivity contribution < 1.29 is 9.84 Å². The molecule has 0 rings (SSSR count). The summed E-state index contributed by atoms with van der Waals surface area (Å²) in [4.78, 5) is 0. The molecule has 0 fully saturated rings. The van der Waals surface area contributed by atoms with E-state index >= 15 is 0 Å². The van der Waals surface area contributed by atoms with Crippen molar-refractivity contribution in [2.75, 3.05) is 6.61 Å². The van der Waals surface area contributed by atoms with Crippen molar-refractivity contribution in [1.82, 2.24) is 0 Å². The summed E-state index contributed by atoms with van der Waals surface area (Å²) in [7, 11) is 0. The second kappa shape index (κ2) is 4.89. The molecule has 2 nitrogen and oxygen atoms in total. The molecule has 0 heterocycles. The van der Waals surface area contributed by atoms with Gasteiger partial charge in [-0.05, 0) is 24.2 Å². The Balaban J connectivity index is 4.36. The molecule has 1 atom stereocenters. The molecule has 0 spiro atoms. The molecule has 0 aliphatic heterocycles. The molecular weight excluding hydrogens is 212 g/mol. The number of aliphatic hydroxyl groups is 1. The van der Waals surface area contributed by atoms with Crippen molar-refractivity contribution in [3.63, 3.8) is 0 Å². The van der Waals surface area contributed by atoms with Crippen LogP contribution in [0, 0.1) is 16.2 Å². The summed E-state index contributed by atoms with van der Waals surface area (Å²) in [5.74, 6) is -1.07. The van der Waals surface area contributed by atoms with Crippen LogP contribution in [-0.2, 0) is 4.74 Å². The first kappa shape index (κ1) is 16.9. The Kier molecular flexibility index (Phi) is 4.87. The molecule has 0 amide bonds. The molecule has 0 aromatic rings. The van der Waals surface area contributed by atoms with Gasteiger partial charge in [0.1, 0.15) is 0 Å². The molecule has 0 aromatic heterocycles. The first-order valence-electron chi connectivity index (χ1n) is 6.57. The highest BCUT2D eigenvalue weighted by molar-refractivity contribution is 4.83. The van der Waals surface area contributed by atoms with E-state index in [0.717, 1.165) is 6.42 Å². The minimum Gasteiger partial charge on any atom is -0.365 e. The molecule has 0 saturated carbocycles. The second-order valence-corrected chi connectivity index (χ2v) is 7.97. The highest BCUT2D eigenvalue weighted by Crippen LogP contribution is 2.41. The van der Waals surface area contributed by atoms with Gasteiger partial charge in [0.05, 0.1) is 6.61 Å². The molecule has 0 radical (unpaired) electrons. The summed E-state index contributed by atoms with van der Waals surface area (Å²) in [6.45, 7) is 19.5. The lowest BCUT2D eigenvalue weighted by atomic mass is 9.67. The second-order valence-electron chi connectivity index (χ2n) is 7.97. The van der Waals surface area contributed by atoms with Crippen LogP contribution in [0.2, 0.25) is 0 Å².